The lowest BCUT2D eigenvalue weighted by Gasteiger charge is -2.23. The fraction of sp³-hybridized carbons (Fsp3) is 0.381. The lowest BCUT2D eigenvalue weighted by molar-refractivity contribution is -0.120. The summed E-state index contributed by atoms with van der Waals surface area (Å²) in [6.45, 7) is 1.96. The molecule has 0 aliphatic carbocycles. The van der Waals surface area contributed by atoms with Crippen molar-refractivity contribution < 1.29 is 9.90 Å². The maximum Gasteiger partial charge on any atom is 0.241 e. The lowest BCUT2D eigenvalue weighted by atomic mass is 10.1. The Morgan fingerprint density at radius 1 is 1.12 bits per heavy atom. The molecule has 0 spiro atoms. The summed E-state index contributed by atoms with van der Waals surface area (Å²) in [6.07, 6.45) is 3.53. The third kappa shape index (κ3) is 4.91. The van der Waals surface area contributed by atoms with Crippen molar-refractivity contribution >= 4 is 11.6 Å². The van der Waals surface area contributed by atoms with Gasteiger partial charge in [-0.1, -0.05) is 42.5 Å². The summed E-state index contributed by atoms with van der Waals surface area (Å²) in [4.78, 5) is 15.0. The van der Waals surface area contributed by atoms with Crippen LogP contribution in [0.15, 0.2) is 54.6 Å². The minimum Gasteiger partial charge on any atom is -0.396 e. The molecule has 0 bridgehead atoms. The molecule has 0 unspecified atom stereocenters. The molecule has 1 aliphatic heterocycles. The second-order valence-corrected chi connectivity index (χ2v) is 6.63. The maximum absolute atomic E-state index is 12.7. The van der Waals surface area contributed by atoms with Crippen LogP contribution in [0, 0.1) is 0 Å². The first-order chi connectivity index (χ1) is 12.3. The van der Waals surface area contributed by atoms with Crippen LogP contribution in [-0.4, -0.2) is 35.1 Å². The van der Waals surface area contributed by atoms with Crippen LogP contribution < -0.4 is 5.32 Å². The zero-order chi connectivity index (χ0) is 17.5. The fourth-order valence-corrected chi connectivity index (χ4v) is 3.44. The Bertz CT molecular complexity index is 687. The van der Waals surface area contributed by atoms with E-state index in [1.807, 2.05) is 42.5 Å². The molecule has 1 aliphatic rings. The number of hydrogen-bond acceptors (Lipinski definition) is 3. The van der Waals surface area contributed by atoms with E-state index in [0.29, 0.717) is 0 Å². The Hall–Kier alpha value is -2.17. The van der Waals surface area contributed by atoms with Gasteiger partial charge in [-0.25, -0.2) is 0 Å². The molecule has 4 heteroatoms. The second-order valence-electron chi connectivity index (χ2n) is 6.63. The smallest absolute Gasteiger partial charge is 0.241 e. The summed E-state index contributed by atoms with van der Waals surface area (Å²) in [5, 5.41) is 12.0. The monoisotopic (exact) mass is 338 g/mol. The predicted molar refractivity (Wildman–Crippen MR) is 100 cm³/mol. The molecule has 1 amide bonds. The number of nitrogens with one attached hydrogen (secondary N) is 1. The molecule has 2 aromatic carbocycles. The van der Waals surface area contributed by atoms with Crippen LogP contribution >= 0.6 is 0 Å². The number of hydrogen-bond donors (Lipinski definition) is 2. The molecule has 4 nitrogen and oxygen atoms in total. The van der Waals surface area contributed by atoms with E-state index >= 15 is 0 Å². The zero-order valence-corrected chi connectivity index (χ0v) is 14.5. The van der Waals surface area contributed by atoms with Gasteiger partial charge in [-0.05, 0) is 55.5 Å². The SMILES string of the molecule is O=C(Nc1cccc(CCCO)c1)[C@H]1CCCN1Cc1ccccc1. The summed E-state index contributed by atoms with van der Waals surface area (Å²) in [7, 11) is 0. The quantitative estimate of drug-likeness (QED) is 0.815. The Kier molecular flexibility index (Phi) is 6.20. The summed E-state index contributed by atoms with van der Waals surface area (Å²) < 4.78 is 0. The number of carbonyl (C=O) groups is 1. The first kappa shape index (κ1) is 17.6. The molecule has 0 radical (unpaired) electrons. The van der Waals surface area contributed by atoms with Crippen molar-refractivity contribution in [2.75, 3.05) is 18.5 Å². The molecule has 2 N–H and O–H groups in total. The summed E-state index contributed by atoms with van der Waals surface area (Å²) in [5.41, 5.74) is 3.22. The number of nitrogens with zero attached hydrogens (tertiary/aromatic N) is 1. The number of aryl methyl sites for hydroxylation is 1. The van der Waals surface area contributed by atoms with Crippen molar-refractivity contribution in [3.05, 3.63) is 65.7 Å². The van der Waals surface area contributed by atoms with Gasteiger partial charge in [0, 0.05) is 18.8 Å². The maximum atomic E-state index is 12.7. The summed E-state index contributed by atoms with van der Waals surface area (Å²) in [6, 6.07) is 18.2. The molecule has 2 aromatic rings. The fourth-order valence-electron chi connectivity index (χ4n) is 3.44. The first-order valence-corrected chi connectivity index (χ1v) is 9.05. The molecule has 3 rings (SSSR count). The van der Waals surface area contributed by atoms with Gasteiger partial charge < -0.3 is 10.4 Å². The number of aliphatic hydroxyl groups is 1. The van der Waals surface area contributed by atoms with Crippen molar-refractivity contribution in [3.63, 3.8) is 0 Å². The van der Waals surface area contributed by atoms with Gasteiger partial charge in [-0.15, -0.1) is 0 Å². The molecule has 0 saturated carbocycles. The van der Waals surface area contributed by atoms with Crippen LogP contribution in [-0.2, 0) is 17.8 Å². The number of aliphatic hydroxyl groups excluding tert-OH is 1. The van der Waals surface area contributed by atoms with Crippen molar-refractivity contribution in [2.24, 2.45) is 0 Å². The van der Waals surface area contributed by atoms with E-state index in [1.54, 1.807) is 0 Å². The van der Waals surface area contributed by atoms with E-state index in [9.17, 15) is 4.79 Å². The molecule has 1 atom stereocenters. The van der Waals surface area contributed by atoms with Gasteiger partial charge in [0.1, 0.15) is 0 Å². The Morgan fingerprint density at radius 3 is 2.72 bits per heavy atom. The van der Waals surface area contributed by atoms with Crippen LogP contribution in [0.1, 0.15) is 30.4 Å². The molecular formula is C21H26N2O2. The van der Waals surface area contributed by atoms with Gasteiger partial charge in [0.15, 0.2) is 0 Å². The largest absolute Gasteiger partial charge is 0.396 e. The van der Waals surface area contributed by atoms with E-state index in [-0.39, 0.29) is 18.6 Å². The van der Waals surface area contributed by atoms with Gasteiger partial charge in [-0.3, -0.25) is 9.69 Å². The van der Waals surface area contributed by atoms with Gasteiger partial charge >= 0.3 is 0 Å². The van der Waals surface area contributed by atoms with E-state index < -0.39 is 0 Å². The molecule has 1 fully saturated rings. The van der Waals surface area contributed by atoms with Crippen molar-refractivity contribution in [1.29, 1.82) is 0 Å². The molecule has 1 heterocycles. The minimum absolute atomic E-state index is 0.0682. The minimum atomic E-state index is -0.0682. The summed E-state index contributed by atoms with van der Waals surface area (Å²) >= 11 is 0. The second kappa shape index (κ2) is 8.79. The average Bonchev–Trinajstić information content (AvgIpc) is 3.09. The van der Waals surface area contributed by atoms with Crippen LogP contribution in [0.3, 0.4) is 0 Å². The Morgan fingerprint density at radius 2 is 1.92 bits per heavy atom. The standard InChI is InChI=1S/C21H26N2O2/c24-14-6-10-17-9-4-11-19(15-17)22-21(25)20-12-5-13-23(20)16-18-7-2-1-3-8-18/h1-4,7-9,11,15,20,24H,5-6,10,12-14,16H2,(H,22,25)/t20-/m1/s1. The number of amides is 1. The molecule has 132 valence electrons. The molecule has 1 saturated heterocycles. The van der Waals surface area contributed by atoms with E-state index in [4.69, 9.17) is 5.11 Å². The topological polar surface area (TPSA) is 52.6 Å². The molecule has 0 aromatic heterocycles. The number of likely N-dealkylation sites (tertiary alicyclic amines) is 1. The van der Waals surface area contributed by atoms with E-state index in [2.05, 4.69) is 22.3 Å². The van der Waals surface area contributed by atoms with Crippen LogP contribution in [0.2, 0.25) is 0 Å². The van der Waals surface area contributed by atoms with Gasteiger partial charge in [0.25, 0.3) is 0 Å². The van der Waals surface area contributed by atoms with Gasteiger partial charge in [0.05, 0.1) is 6.04 Å². The van der Waals surface area contributed by atoms with Gasteiger partial charge in [0.2, 0.25) is 5.91 Å². The van der Waals surface area contributed by atoms with E-state index in [1.165, 1.54) is 5.56 Å². The normalized spacial score (nSPS) is 17.6. The average molecular weight is 338 g/mol. The van der Waals surface area contributed by atoms with Crippen molar-refractivity contribution in [1.82, 2.24) is 4.90 Å². The Labute approximate surface area is 149 Å². The predicted octanol–water partition coefficient (Wildman–Crippen LogP) is 3.21. The number of rotatable bonds is 7. The number of carbonyl (C=O) groups excluding carboxylic acids is 1. The highest BCUT2D eigenvalue weighted by Gasteiger charge is 2.30. The van der Waals surface area contributed by atoms with Crippen molar-refractivity contribution in [3.8, 4) is 0 Å². The first-order valence-electron chi connectivity index (χ1n) is 9.05. The highest BCUT2D eigenvalue weighted by molar-refractivity contribution is 5.95. The zero-order valence-electron chi connectivity index (χ0n) is 14.5. The molecule has 25 heavy (non-hydrogen) atoms. The lowest BCUT2D eigenvalue weighted by Crippen LogP contribution is -2.39. The third-order valence-electron chi connectivity index (χ3n) is 4.71. The Balaban J connectivity index is 1.62. The number of benzene rings is 2. The van der Waals surface area contributed by atoms with Gasteiger partial charge in [-0.2, -0.15) is 0 Å². The highest BCUT2D eigenvalue weighted by atomic mass is 16.2. The van der Waals surface area contributed by atoms with Crippen LogP contribution in [0.25, 0.3) is 0 Å². The highest BCUT2D eigenvalue weighted by Crippen LogP contribution is 2.22. The number of anilines is 1. The van der Waals surface area contributed by atoms with E-state index in [0.717, 1.165) is 50.0 Å². The van der Waals surface area contributed by atoms with Crippen LogP contribution in [0.5, 0.6) is 0 Å². The van der Waals surface area contributed by atoms with Crippen LogP contribution in [0.4, 0.5) is 5.69 Å². The third-order valence-corrected chi connectivity index (χ3v) is 4.71. The van der Waals surface area contributed by atoms with Crippen molar-refractivity contribution in [2.45, 2.75) is 38.3 Å². The summed E-state index contributed by atoms with van der Waals surface area (Å²) in [5.74, 6) is 0.0766. The molecular weight excluding hydrogens is 312 g/mol.